The van der Waals surface area contributed by atoms with Crippen molar-refractivity contribution in [2.24, 2.45) is 0 Å². The van der Waals surface area contributed by atoms with E-state index in [1.807, 2.05) is 6.07 Å². The van der Waals surface area contributed by atoms with Gasteiger partial charge in [0.2, 0.25) is 5.91 Å². The standard InChI is InChI=1S/C15H23BrN2O/c1-3-18(4-2,11-10-17-15(19)12-16)13-14-8-6-5-7-9-14/h5-9H,3-4,10-13H2,1-2H3/p+1. The molecular weight excluding hydrogens is 304 g/mol. The van der Waals surface area contributed by atoms with Gasteiger partial charge in [-0.1, -0.05) is 46.3 Å². The van der Waals surface area contributed by atoms with Gasteiger partial charge in [0.1, 0.15) is 6.54 Å². The van der Waals surface area contributed by atoms with Crippen molar-refractivity contribution in [3.05, 3.63) is 35.9 Å². The molecule has 0 bridgehead atoms. The number of hydrogen-bond acceptors (Lipinski definition) is 1. The van der Waals surface area contributed by atoms with Gasteiger partial charge in [-0.05, 0) is 13.8 Å². The lowest BCUT2D eigenvalue weighted by Gasteiger charge is -2.37. The van der Waals surface area contributed by atoms with E-state index in [4.69, 9.17) is 0 Å². The Labute approximate surface area is 124 Å². The van der Waals surface area contributed by atoms with Crippen LogP contribution >= 0.6 is 15.9 Å². The van der Waals surface area contributed by atoms with Crippen LogP contribution in [0.25, 0.3) is 0 Å². The third-order valence-electron chi connectivity index (χ3n) is 3.73. The van der Waals surface area contributed by atoms with Crippen molar-refractivity contribution in [1.82, 2.24) is 5.32 Å². The van der Waals surface area contributed by atoms with E-state index in [-0.39, 0.29) is 5.91 Å². The van der Waals surface area contributed by atoms with Crippen LogP contribution in [-0.4, -0.2) is 41.9 Å². The minimum absolute atomic E-state index is 0.0602. The van der Waals surface area contributed by atoms with Crippen LogP contribution in [0.3, 0.4) is 0 Å². The van der Waals surface area contributed by atoms with E-state index in [1.54, 1.807) is 0 Å². The summed E-state index contributed by atoms with van der Waals surface area (Å²) < 4.78 is 1.01. The molecule has 106 valence electrons. The van der Waals surface area contributed by atoms with E-state index in [2.05, 4.69) is 59.4 Å². The molecule has 1 aromatic carbocycles. The van der Waals surface area contributed by atoms with E-state index < -0.39 is 0 Å². The number of halogens is 1. The number of rotatable bonds is 8. The molecule has 1 rings (SSSR count). The third kappa shape index (κ3) is 5.33. The first kappa shape index (κ1) is 16.2. The molecule has 0 aliphatic rings. The number of carbonyl (C=O) groups excluding carboxylic acids is 1. The van der Waals surface area contributed by atoms with Crippen LogP contribution in [0.2, 0.25) is 0 Å². The quantitative estimate of drug-likeness (QED) is 0.577. The smallest absolute Gasteiger partial charge is 0.230 e. The van der Waals surface area contributed by atoms with Crippen molar-refractivity contribution < 1.29 is 9.28 Å². The molecule has 1 aromatic rings. The van der Waals surface area contributed by atoms with Crippen molar-refractivity contribution in [1.29, 1.82) is 0 Å². The Morgan fingerprint density at radius 1 is 1.21 bits per heavy atom. The van der Waals surface area contributed by atoms with Crippen molar-refractivity contribution in [2.75, 3.05) is 31.5 Å². The molecule has 3 nitrogen and oxygen atoms in total. The highest BCUT2D eigenvalue weighted by atomic mass is 79.9. The number of nitrogens with one attached hydrogen (secondary N) is 1. The summed E-state index contributed by atoms with van der Waals surface area (Å²) in [4.78, 5) is 11.3. The lowest BCUT2D eigenvalue weighted by Crippen LogP contribution is -2.51. The van der Waals surface area contributed by atoms with E-state index in [9.17, 15) is 4.79 Å². The highest BCUT2D eigenvalue weighted by Gasteiger charge is 2.23. The fourth-order valence-electron chi connectivity index (χ4n) is 2.29. The van der Waals surface area contributed by atoms with E-state index >= 15 is 0 Å². The highest BCUT2D eigenvalue weighted by molar-refractivity contribution is 9.09. The maximum atomic E-state index is 11.3. The predicted octanol–water partition coefficient (Wildman–Crippen LogP) is 2.55. The Morgan fingerprint density at radius 2 is 1.84 bits per heavy atom. The second-order valence-corrected chi connectivity index (χ2v) is 5.39. The number of amides is 1. The first-order valence-corrected chi connectivity index (χ1v) is 7.99. The van der Waals surface area contributed by atoms with Crippen LogP contribution < -0.4 is 5.32 Å². The van der Waals surface area contributed by atoms with Gasteiger partial charge in [-0.2, -0.15) is 0 Å². The molecule has 0 atom stereocenters. The molecular formula is C15H24BrN2O+. The molecule has 0 radical (unpaired) electrons. The molecule has 0 spiro atoms. The summed E-state index contributed by atoms with van der Waals surface area (Å²) in [7, 11) is 0. The third-order valence-corrected chi connectivity index (χ3v) is 4.24. The maximum absolute atomic E-state index is 11.3. The van der Waals surface area contributed by atoms with Crippen LogP contribution in [-0.2, 0) is 11.3 Å². The number of nitrogens with zero attached hydrogens (tertiary/aromatic N) is 1. The minimum Gasteiger partial charge on any atom is -0.350 e. The van der Waals surface area contributed by atoms with Crippen molar-refractivity contribution in [3.8, 4) is 0 Å². The van der Waals surface area contributed by atoms with Crippen LogP contribution in [0, 0.1) is 0 Å². The van der Waals surface area contributed by atoms with Crippen LogP contribution in [0.1, 0.15) is 19.4 Å². The summed E-state index contributed by atoms with van der Waals surface area (Å²) >= 11 is 3.17. The number of alkyl halides is 1. The SMILES string of the molecule is CC[N+](CC)(CCNC(=O)CBr)Cc1ccccc1. The number of likely N-dealkylation sites (N-methyl/N-ethyl adjacent to an activating group) is 1. The van der Waals surface area contributed by atoms with Crippen molar-refractivity contribution in [3.63, 3.8) is 0 Å². The number of benzene rings is 1. The summed E-state index contributed by atoms with van der Waals surface area (Å²) in [6.45, 7) is 9.33. The van der Waals surface area contributed by atoms with Gasteiger partial charge in [-0.15, -0.1) is 0 Å². The van der Waals surface area contributed by atoms with Crippen molar-refractivity contribution in [2.45, 2.75) is 20.4 Å². The number of carbonyl (C=O) groups is 1. The molecule has 4 heteroatoms. The second kappa shape index (κ2) is 8.33. The van der Waals surface area contributed by atoms with Crippen LogP contribution in [0.4, 0.5) is 0 Å². The Bertz CT molecular complexity index is 377. The van der Waals surface area contributed by atoms with Gasteiger partial charge in [0, 0.05) is 5.56 Å². The van der Waals surface area contributed by atoms with Gasteiger partial charge in [0.05, 0.1) is 31.5 Å². The van der Waals surface area contributed by atoms with E-state index in [1.165, 1.54) is 5.56 Å². The summed E-state index contributed by atoms with van der Waals surface area (Å²) in [5.74, 6) is 0.0602. The van der Waals surface area contributed by atoms with Crippen LogP contribution in [0.15, 0.2) is 30.3 Å². The molecule has 0 aliphatic heterocycles. The largest absolute Gasteiger partial charge is 0.350 e. The fourth-order valence-corrected chi connectivity index (χ4v) is 2.49. The molecule has 19 heavy (non-hydrogen) atoms. The van der Waals surface area contributed by atoms with Crippen LogP contribution in [0.5, 0.6) is 0 Å². The topological polar surface area (TPSA) is 29.1 Å². The number of hydrogen-bond donors (Lipinski definition) is 1. The molecule has 1 amide bonds. The lowest BCUT2D eigenvalue weighted by atomic mass is 10.1. The molecule has 0 heterocycles. The summed E-state index contributed by atoms with van der Waals surface area (Å²) in [6, 6.07) is 10.6. The van der Waals surface area contributed by atoms with E-state index in [0.29, 0.717) is 5.33 Å². The average molecular weight is 328 g/mol. The van der Waals surface area contributed by atoms with Gasteiger partial charge in [0.15, 0.2) is 0 Å². The van der Waals surface area contributed by atoms with Crippen molar-refractivity contribution >= 4 is 21.8 Å². The van der Waals surface area contributed by atoms with Gasteiger partial charge in [-0.3, -0.25) is 4.79 Å². The molecule has 0 unspecified atom stereocenters. The van der Waals surface area contributed by atoms with Gasteiger partial charge in [-0.25, -0.2) is 0 Å². The fraction of sp³-hybridized carbons (Fsp3) is 0.533. The zero-order valence-electron chi connectivity index (χ0n) is 11.9. The zero-order chi connectivity index (χ0) is 14.1. The number of quaternary nitrogens is 1. The lowest BCUT2D eigenvalue weighted by molar-refractivity contribution is -0.936. The zero-order valence-corrected chi connectivity index (χ0v) is 13.4. The predicted molar refractivity (Wildman–Crippen MR) is 83.2 cm³/mol. The molecule has 0 fully saturated rings. The first-order chi connectivity index (χ1) is 9.15. The first-order valence-electron chi connectivity index (χ1n) is 6.87. The molecule has 0 saturated carbocycles. The summed E-state index contributed by atoms with van der Waals surface area (Å²) in [5, 5.41) is 3.32. The normalized spacial score (nSPS) is 11.3. The Balaban J connectivity index is 2.60. The summed E-state index contributed by atoms with van der Waals surface area (Å²) in [6.07, 6.45) is 0. The van der Waals surface area contributed by atoms with Gasteiger partial charge in [0.25, 0.3) is 0 Å². The molecule has 0 aromatic heterocycles. The Morgan fingerprint density at radius 3 is 2.37 bits per heavy atom. The van der Waals surface area contributed by atoms with E-state index in [0.717, 1.165) is 37.2 Å². The molecule has 0 saturated heterocycles. The van der Waals surface area contributed by atoms with Gasteiger partial charge < -0.3 is 9.80 Å². The Kier molecular flexibility index (Phi) is 7.10. The maximum Gasteiger partial charge on any atom is 0.230 e. The average Bonchev–Trinajstić information content (AvgIpc) is 2.47. The molecule has 1 N–H and O–H groups in total. The molecule has 0 aliphatic carbocycles. The monoisotopic (exact) mass is 327 g/mol. The second-order valence-electron chi connectivity index (χ2n) is 4.82. The Hall–Kier alpha value is -0.870. The minimum atomic E-state index is 0.0602. The summed E-state index contributed by atoms with van der Waals surface area (Å²) in [5.41, 5.74) is 1.36. The van der Waals surface area contributed by atoms with Gasteiger partial charge >= 0.3 is 0 Å². The highest BCUT2D eigenvalue weighted by Crippen LogP contribution is 2.13.